The molecule has 0 aliphatic rings. The Labute approximate surface area is 96.1 Å². The number of anilines is 1. The zero-order valence-electron chi connectivity index (χ0n) is 9.18. The molecule has 2 nitrogen and oxygen atoms in total. The van der Waals surface area contributed by atoms with E-state index in [1.165, 1.54) is 0 Å². The standard InChI is InChI=1S/C12H17ClN2/c1-4-8(3)10-6-7-11(15-14)9(5-2)12(10)13/h5-8,15H,2,4,14H2,1,3H3. The summed E-state index contributed by atoms with van der Waals surface area (Å²) in [5.74, 6) is 5.84. The molecule has 1 rings (SSSR count). The molecule has 0 saturated heterocycles. The molecule has 0 aliphatic carbocycles. The molecule has 0 amide bonds. The molecule has 15 heavy (non-hydrogen) atoms. The lowest BCUT2D eigenvalue weighted by molar-refractivity contribution is 0.734. The highest BCUT2D eigenvalue weighted by atomic mass is 35.5. The van der Waals surface area contributed by atoms with E-state index < -0.39 is 0 Å². The second-order valence-electron chi connectivity index (χ2n) is 3.59. The maximum Gasteiger partial charge on any atom is 0.0572 e. The Kier molecular flexibility index (Phi) is 4.18. The summed E-state index contributed by atoms with van der Waals surface area (Å²) in [6.45, 7) is 8.05. The van der Waals surface area contributed by atoms with Crippen molar-refractivity contribution in [3.8, 4) is 0 Å². The van der Waals surface area contributed by atoms with Crippen LogP contribution < -0.4 is 11.3 Å². The number of hydrazine groups is 1. The quantitative estimate of drug-likeness (QED) is 0.604. The van der Waals surface area contributed by atoms with Crippen molar-refractivity contribution < 1.29 is 0 Å². The first-order valence-corrected chi connectivity index (χ1v) is 5.44. The van der Waals surface area contributed by atoms with Gasteiger partial charge in [0.1, 0.15) is 0 Å². The van der Waals surface area contributed by atoms with E-state index in [0.29, 0.717) is 5.92 Å². The van der Waals surface area contributed by atoms with Crippen LogP contribution in [0.15, 0.2) is 18.7 Å². The monoisotopic (exact) mass is 224 g/mol. The van der Waals surface area contributed by atoms with Crippen molar-refractivity contribution in [2.24, 2.45) is 5.84 Å². The van der Waals surface area contributed by atoms with Gasteiger partial charge < -0.3 is 5.43 Å². The van der Waals surface area contributed by atoms with E-state index in [-0.39, 0.29) is 0 Å². The Bertz CT molecular complexity index is 361. The predicted molar refractivity (Wildman–Crippen MR) is 68.1 cm³/mol. The lowest BCUT2D eigenvalue weighted by Gasteiger charge is -2.15. The van der Waals surface area contributed by atoms with E-state index in [0.717, 1.165) is 28.3 Å². The van der Waals surface area contributed by atoms with Gasteiger partial charge in [-0.05, 0) is 24.0 Å². The minimum Gasteiger partial charge on any atom is -0.323 e. The summed E-state index contributed by atoms with van der Waals surface area (Å²) < 4.78 is 0. The van der Waals surface area contributed by atoms with Crippen molar-refractivity contribution in [3.63, 3.8) is 0 Å². The number of benzene rings is 1. The number of nitrogens with two attached hydrogens (primary N) is 1. The Morgan fingerprint density at radius 2 is 2.27 bits per heavy atom. The molecule has 0 aliphatic heterocycles. The second kappa shape index (κ2) is 5.19. The molecular formula is C12H17ClN2. The summed E-state index contributed by atoms with van der Waals surface area (Å²) in [5.41, 5.74) is 5.44. The molecule has 1 atom stereocenters. The van der Waals surface area contributed by atoms with Gasteiger partial charge in [-0.3, -0.25) is 5.84 Å². The van der Waals surface area contributed by atoms with E-state index in [1.54, 1.807) is 6.08 Å². The first-order valence-electron chi connectivity index (χ1n) is 5.07. The smallest absolute Gasteiger partial charge is 0.0572 e. The molecule has 1 aromatic carbocycles. The Morgan fingerprint density at radius 3 is 2.73 bits per heavy atom. The fraction of sp³-hybridized carbons (Fsp3) is 0.333. The van der Waals surface area contributed by atoms with Gasteiger partial charge in [0.05, 0.1) is 10.7 Å². The Balaban J connectivity index is 3.28. The van der Waals surface area contributed by atoms with Crippen LogP contribution in [0.25, 0.3) is 6.08 Å². The van der Waals surface area contributed by atoms with Gasteiger partial charge in [0.2, 0.25) is 0 Å². The van der Waals surface area contributed by atoms with Crippen molar-refractivity contribution >= 4 is 23.4 Å². The SMILES string of the molecule is C=Cc1c(NN)ccc(C(C)CC)c1Cl. The molecule has 3 N–H and O–H groups in total. The van der Waals surface area contributed by atoms with Crippen LogP contribution in [0.4, 0.5) is 5.69 Å². The number of nitrogens with one attached hydrogen (secondary N) is 1. The maximum absolute atomic E-state index is 6.30. The third-order valence-electron chi connectivity index (χ3n) is 2.71. The Morgan fingerprint density at radius 1 is 1.60 bits per heavy atom. The number of hydrogen-bond acceptors (Lipinski definition) is 2. The minimum atomic E-state index is 0.447. The fourth-order valence-electron chi connectivity index (χ4n) is 1.54. The van der Waals surface area contributed by atoms with Gasteiger partial charge >= 0.3 is 0 Å². The van der Waals surface area contributed by atoms with Gasteiger partial charge in [-0.2, -0.15) is 0 Å². The highest BCUT2D eigenvalue weighted by Crippen LogP contribution is 2.34. The summed E-state index contributed by atoms with van der Waals surface area (Å²) in [6.07, 6.45) is 2.79. The Hall–Kier alpha value is -0.990. The molecule has 1 aromatic rings. The molecule has 0 saturated carbocycles. The van der Waals surface area contributed by atoms with E-state index in [2.05, 4.69) is 25.9 Å². The number of hydrogen-bond donors (Lipinski definition) is 2. The predicted octanol–water partition coefficient (Wildman–Crippen LogP) is 3.78. The number of rotatable bonds is 4. The van der Waals surface area contributed by atoms with Crippen LogP contribution in [0.5, 0.6) is 0 Å². The molecular weight excluding hydrogens is 208 g/mol. The minimum absolute atomic E-state index is 0.447. The van der Waals surface area contributed by atoms with E-state index >= 15 is 0 Å². The molecule has 0 aromatic heterocycles. The lowest BCUT2D eigenvalue weighted by atomic mass is 9.96. The maximum atomic E-state index is 6.30. The summed E-state index contributed by atoms with van der Waals surface area (Å²) in [5, 5.41) is 0.745. The van der Waals surface area contributed by atoms with Crippen LogP contribution in [-0.4, -0.2) is 0 Å². The molecule has 3 heteroatoms. The normalized spacial score (nSPS) is 12.3. The molecule has 82 valence electrons. The van der Waals surface area contributed by atoms with Crippen molar-refractivity contribution in [1.29, 1.82) is 0 Å². The van der Waals surface area contributed by atoms with Crippen LogP contribution in [0.1, 0.15) is 37.3 Å². The van der Waals surface area contributed by atoms with Gasteiger partial charge in [0, 0.05) is 5.56 Å². The van der Waals surface area contributed by atoms with Crippen LogP contribution in [0.2, 0.25) is 5.02 Å². The van der Waals surface area contributed by atoms with Gasteiger partial charge in [0.25, 0.3) is 0 Å². The first kappa shape index (κ1) is 12.1. The molecule has 0 fully saturated rings. The van der Waals surface area contributed by atoms with Crippen molar-refractivity contribution in [1.82, 2.24) is 0 Å². The van der Waals surface area contributed by atoms with Crippen molar-refractivity contribution in [3.05, 3.63) is 34.9 Å². The third-order valence-corrected chi connectivity index (χ3v) is 3.13. The third kappa shape index (κ3) is 2.33. The van der Waals surface area contributed by atoms with Gasteiger partial charge in [-0.1, -0.05) is 44.2 Å². The molecule has 0 radical (unpaired) electrons. The molecule has 0 bridgehead atoms. The number of halogens is 1. The van der Waals surface area contributed by atoms with E-state index in [9.17, 15) is 0 Å². The highest BCUT2D eigenvalue weighted by molar-refractivity contribution is 6.33. The fourth-order valence-corrected chi connectivity index (χ4v) is 1.96. The second-order valence-corrected chi connectivity index (χ2v) is 3.97. The van der Waals surface area contributed by atoms with Gasteiger partial charge in [0.15, 0.2) is 0 Å². The average molecular weight is 225 g/mol. The van der Waals surface area contributed by atoms with Gasteiger partial charge in [-0.25, -0.2) is 0 Å². The molecule has 0 spiro atoms. The van der Waals surface area contributed by atoms with Gasteiger partial charge in [-0.15, -0.1) is 0 Å². The van der Waals surface area contributed by atoms with E-state index in [1.807, 2.05) is 12.1 Å². The summed E-state index contributed by atoms with van der Waals surface area (Å²) in [7, 11) is 0. The zero-order chi connectivity index (χ0) is 11.4. The van der Waals surface area contributed by atoms with Crippen LogP contribution in [-0.2, 0) is 0 Å². The van der Waals surface area contributed by atoms with Crippen LogP contribution in [0.3, 0.4) is 0 Å². The molecule has 0 heterocycles. The average Bonchev–Trinajstić information content (AvgIpc) is 2.27. The first-order chi connectivity index (χ1) is 7.15. The topological polar surface area (TPSA) is 38.0 Å². The lowest BCUT2D eigenvalue weighted by Crippen LogP contribution is -2.09. The summed E-state index contributed by atoms with van der Waals surface area (Å²) in [4.78, 5) is 0. The zero-order valence-corrected chi connectivity index (χ0v) is 9.93. The van der Waals surface area contributed by atoms with Crippen LogP contribution >= 0.6 is 11.6 Å². The van der Waals surface area contributed by atoms with Crippen molar-refractivity contribution in [2.45, 2.75) is 26.2 Å². The number of nitrogen functional groups attached to an aromatic ring is 1. The summed E-state index contributed by atoms with van der Waals surface area (Å²) >= 11 is 6.30. The summed E-state index contributed by atoms with van der Waals surface area (Å²) in [6, 6.07) is 3.95. The van der Waals surface area contributed by atoms with Crippen LogP contribution in [0, 0.1) is 0 Å². The van der Waals surface area contributed by atoms with Crippen molar-refractivity contribution in [2.75, 3.05) is 5.43 Å². The van der Waals surface area contributed by atoms with E-state index in [4.69, 9.17) is 17.4 Å². The molecule has 1 unspecified atom stereocenters. The largest absolute Gasteiger partial charge is 0.323 e. The highest BCUT2D eigenvalue weighted by Gasteiger charge is 2.12.